The molecule has 2 aromatic rings. The molecule has 1 N–H and O–H groups in total. The summed E-state index contributed by atoms with van der Waals surface area (Å²) >= 11 is 7.29. The van der Waals surface area contributed by atoms with Crippen LogP contribution in [-0.2, 0) is 6.42 Å². The van der Waals surface area contributed by atoms with Crippen LogP contribution in [0, 0.1) is 6.92 Å². The number of rotatable bonds is 3. The number of aryl methyl sites for hydroxylation is 2. The third-order valence-corrected chi connectivity index (χ3v) is 3.91. The number of benzene rings is 1. The number of hydrogen-bond donors (Lipinski definition) is 1. The molecule has 0 aliphatic heterocycles. The van der Waals surface area contributed by atoms with Gasteiger partial charge in [0.05, 0.1) is 10.6 Å². The van der Waals surface area contributed by atoms with Crippen LogP contribution in [0.3, 0.4) is 0 Å². The number of aliphatic hydroxyl groups excluding tert-OH is 1. The molecule has 1 unspecified atom stereocenters. The first-order chi connectivity index (χ1) is 8.13. The molecule has 1 aromatic heterocycles. The zero-order chi connectivity index (χ0) is 12.4. The highest BCUT2D eigenvalue weighted by Gasteiger charge is 2.18. The summed E-state index contributed by atoms with van der Waals surface area (Å²) in [5.41, 5.74) is 2.63. The Morgan fingerprint density at radius 3 is 2.88 bits per heavy atom. The lowest BCUT2D eigenvalue weighted by molar-refractivity contribution is 0.223. The fraction of sp³-hybridized carbons (Fsp3) is 0.333. The van der Waals surface area contributed by atoms with E-state index in [9.17, 15) is 5.11 Å². The van der Waals surface area contributed by atoms with Gasteiger partial charge in [-0.05, 0) is 42.1 Å². The maximum atomic E-state index is 10.3. The van der Waals surface area contributed by atoms with Gasteiger partial charge in [-0.25, -0.2) is 0 Å². The molecule has 0 aliphatic carbocycles. The van der Waals surface area contributed by atoms with Gasteiger partial charge in [-0.2, -0.15) is 0 Å². The van der Waals surface area contributed by atoms with E-state index >= 15 is 0 Å². The zero-order valence-electron chi connectivity index (χ0n) is 9.64. The second-order valence-electron chi connectivity index (χ2n) is 3.85. The number of hydrogen-bond acceptors (Lipinski definition) is 4. The Kier molecular flexibility index (Phi) is 3.76. The second kappa shape index (κ2) is 5.12. The summed E-state index contributed by atoms with van der Waals surface area (Å²) in [7, 11) is 0. The zero-order valence-corrected chi connectivity index (χ0v) is 11.2. The molecular weight excluding hydrogens is 256 g/mol. The van der Waals surface area contributed by atoms with E-state index in [1.165, 1.54) is 11.5 Å². The van der Waals surface area contributed by atoms with Crippen LogP contribution in [0.1, 0.15) is 34.7 Å². The Balaban J connectivity index is 2.36. The lowest BCUT2D eigenvalue weighted by Crippen LogP contribution is -2.01. The third-order valence-electron chi connectivity index (χ3n) is 2.68. The average Bonchev–Trinajstić information content (AvgIpc) is 2.80. The van der Waals surface area contributed by atoms with E-state index in [2.05, 4.69) is 9.59 Å². The second-order valence-corrected chi connectivity index (χ2v) is 5.04. The van der Waals surface area contributed by atoms with Crippen LogP contribution in [-0.4, -0.2) is 14.7 Å². The first-order valence-electron chi connectivity index (χ1n) is 5.38. The first-order valence-corrected chi connectivity index (χ1v) is 6.53. The Hall–Kier alpha value is -0.970. The maximum Gasteiger partial charge on any atom is 0.117 e. The Morgan fingerprint density at radius 1 is 1.47 bits per heavy atom. The molecule has 2 rings (SSSR count). The molecule has 5 heteroatoms. The number of halogens is 1. The predicted molar refractivity (Wildman–Crippen MR) is 69.5 cm³/mol. The van der Waals surface area contributed by atoms with Gasteiger partial charge in [0.2, 0.25) is 0 Å². The van der Waals surface area contributed by atoms with Crippen LogP contribution in [0.4, 0.5) is 0 Å². The Bertz CT molecular complexity index is 527. The highest BCUT2D eigenvalue weighted by atomic mass is 35.5. The normalized spacial score (nSPS) is 12.7. The van der Waals surface area contributed by atoms with Gasteiger partial charge in [0.15, 0.2) is 0 Å². The van der Waals surface area contributed by atoms with Crippen LogP contribution < -0.4 is 0 Å². The molecule has 1 heterocycles. The molecule has 0 saturated heterocycles. The van der Waals surface area contributed by atoms with Crippen LogP contribution in [0.15, 0.2) is 18.2 Å². The van der Waals surface area contributed by atoms with E-state index < -0.39 is 6.10 Å². The quantitative estimate of drug-likeness (QED) is 0.930. The van der Waals surface area contributed by atoms with Crippen LogP contribution >= 0.6 is 23.1 Å². The lowest BCUT2D eigenvalue weighted by atomic mass is 10.0. The molecule has 1 aromatic carbocycles. The molecule has 90 valence electrons. The van der Waals surface area contributed by atoms with Gasteiger partial charge in [-0.3, -0.25) is 0 Å². The Morgan fingerprint density at radius 2 is 2.24 bits per heavy atom. The molecule has 0 fully saturated rings. The summed E-state index contributed by atoms with van der Waals surface area (Å²) in [4.78, 5) is 0.799. The topological polar surface area (TPSA) is 46.0 Å². The number of aliphatic hydroxyl groups is 1. The van der Waals surface area contributed by atoms with E-state index in [0.717, 1.165) is 28.1 Å². The summed E-state index contributed by atoms with van der Waals surface area (Å²) in [5.74, 6) is 0. The fourth-order valence-electron chi connectivity index (χ4n) is 1.60. The van der Waals surface area contributed by atoms with Gasteiger partial charge in [0.1, 0.15) is 6.10 Å². The van der Waals surface area contributed by atoms with Crippen molar-refractivity contribution < 1.29 is 5.11 Å². The smallest absolute Gasteiger partial charge is 0.117 e. The van der Waals surface area contributed by atoms with Gasteiger partial charge < -0.3 is 5.11 Å². The molecule has 17 heavy (non-hydrogen) atoms. The van der Waals surface area contributed by atoms with E-state index in [1.807, 2.05) is 26.0 Å². The van der Waals surface area contributed by atoms with Crippen molar-refractivity contribution in [2.45, 2.75) is 26.4 Å². The molecule has 0 amide bonds. The van der Waals surface area contributed by atoms with Gasteiger partial charge in [-0.1, -0.05) is 35.1 Å². The number of aromatic nitrogens is 2. The lowest BCUT2D eigenvalue weighted by Gasteiger charge is -2.10. The van der Waals surface area contributed by atoms with Crippen molar-refractivity contribution in [2.24, 2.45) is 0 Å². The van der Waals surface area contributed by atoms with Crippen molar-refractivity contribution in [3.05, 3.63) is 44.9 Å². The molecule has 0 saturated carbocycles. The fourth-order valence-corrected chi connectivity index (χ4v) is 2.54. The highest BCUT2D eigenvalue weighted by Crippen LogP contribution is 2.29. The largest absolute Gasteiger partial charge is 0.383 e. The van der Waals surface area contributed by atoms with Crippen molar-refractivity contribution in [3.8, 4) is 0 Å². The van der Waals surface area contributed by atoms with Crippen molar-refractivity contribution in [2.75, 3.05) is 0 Å². The average molecular weight is 269 g/mol. The van der Waals surface area contributed by atoms with Crippen LogP contribution in [0.5, 0.6) is 0 Å². The summed E-state index contributed by atoms with van der Waals surface area (Å²) in [5, 5.41) is 14.9. The standard InChI is InChI=1S/C12H13ClN2OS/c1-3-10-12(17-15-14-10)11(16)8-5-4-7(2)9(13)6-8/h4-6,11,16H,3H2,1-2H3. The van der Waals surface area contributed by atoms with E-state index in [-0.39, 0.29) is 0 Å². The third kappa shape index (κ3) is 2.49. The SMILES string of the molecule is CCc1nnsc1C(O)c1ccc(C)c(Cl)c1. The maximum absolute atomic E-state index is 10.3. The van der Waals surface area contributed by atoms with Crippen molar-refractivity contribution in [3.63, 3.8) is 0 Å². The first kappa shape index (κ1) is 12.5. The highest BCUT2D eigenvalue weighted by molar-refractivity contribution is 7.05. The van der Waals surface area contributed by atoms with Gasteiger partial charge in [-0.15, -0.1) is 5.10 Å². The number of nitrogens with zero attached hydrogens (tertiary/aromatic N) is 2. The van der Waals surface area contributed by atoms with E-state index in [4.69, 9.17) is 11.6 Å². The monoisotopic (exact) mass is 268 g/mol. The minimum absolute atomic E-state index is 0.664. The molecule has 0 radical (unpaired) electrons. The predicted octanol–water partition coefficient (Wildman–Crippen LogP) is 3.14. The van der Waals surface area contributed by atoms with Crippen molar-refractivity contribution in [1.29, 1.82) is 0 Å². The van der Waals surface area contributed by atoms with E-state index in [0.29, 0.717) is 5.02 Å². The molecule has 0 bridgehead atoms. The summed E-state index contributed by atoms with van der Waals surface area (Å²) < 4.78 is 3.88. The molecule has 3 nitrogen and oxygen atoms in total. The van der Waals surface area contributed by atoms with Crippen LogP contribution in [0.2, 0.25) is 5.02 Å². The molecular formula is C12H13ClN2OS. The molecule has 0 aliphatic rings. The molecule has 1 atom stereocenters. The minimum Gasteiger partial charge on any atom is -0.383 e. The molecule has 0 spiro atoms. The minimum atomic E-state index is -0.692. The summed E-state index contributed by atoms with van der Waals surface area (Å²) in [6.45, 7) is 3.93. The van der Waals surface area contributed by atoms with E-state index in [1.54, 1.807) is 6.07 Å². The summed E-state index contributed by atoms with van der Waals surface area (Å²) in [6, 6.07) is 5.58. The van der Waals surface area contributed by atoms with Crippen molar-refractivity contribution in [1.82, 2.24) is 9.59 Å². The summed E-state index contributed by atoms with van der Waals surface area (Å²) in [6.07, 6.45) is 0.0747. The van der Waals surface area contributed by atoms with Crippen LogP contribution in [0.25, 0.3) is 0 Å². The van der Waals surface area contributed by atoms with Gasteiger partial charge in [0, 0.05) is 5.02 Å². The Labute approximate surface area is 109 Å². The van der Waals surface area contributed by atoms with Gasteiger partial charge >= 0.3 is 0 Å². The van der Waals surface area contributed by atoms with Gasteiger partial charge in [0.25, 0.3) is 0 Å². The van der Waals surface area contributed by atoms with Crippen molar-refractivity contribution >= 4 is 23.1 Å².